The van der Waals surface area contributed by atoms with E-state index in [1.165, 1.54) is 0 Å². The van der Waals surface area contributed by atoms with E-state index in [1.807, 2.05) is 26.1 Å². The van der Waals surface area contributed by atoms with Gasteiger partial charge in [0.2, 0.25) is 16.0 Å². The molecule has 4 N–H and O–H groups in total. The summed E-state index contributed by atoms with van der Waals surface area (Å²) in [5.41, 5.74) is 4.12. The minimum atomic E-state index is -3.58. The molecule has 1 aliphatic heterocycles. The predicted molar refractivity (Wildman–Crippen MR) is 135 cm³/mol. The van der Waals surface area contributed by atoms with Crippen LogP contribution in [0.5, 0.6) is 5.75 Å². The average molecular weight is 509 g/mol. The summed E-state index contributed by atoms with van der Waals surface area (Å²) in [4.78, 5) is 4.90. The van der Waals surface area contributed by atoms with Crippen molar-refractivity contribution in [1.29, 1.82) is 0 Å². The van der Waals surface area contributed by atoms with Gasteiger partial charge in [0.25, 0.3) is 0 Å². The molecule has 0 radical (unpaired) electrons. The number of aromatic nitrogens is 5. The van der Waals surface area contributed by atoms with Crippen LogP contribution in [0.15, 0.2) is 47.8 Å². The zero-order valence-electron chi connectivity index (χ0n) is 20.1. The number of aromatic amines is 1. The first-order valence-corrected chi connectivity index (χ1v) is 13.5. The second kappa shape index (κ2) is 8.57. The Hall–Kier alpha value is -3.48. The van der Waals surface area contributed by atoms with Gasteiger partial charge in [0.15, 0.2) is 11.4 Å². The maximum atomic E-state index is 12.9. The number of aryl methyl sites for hydroxylation is 1. The van der Waals surface area contributed by atoms with Gasteiger partial charge in [0, 0.05) is 48.3 Å². The summed E-state index contributed by atoms with van der Waals surface area (Å²) < 4.78 is 36.3. The van der Waals surface area contributed by atoms with E-state index in [2.05, 4.69) is 35.6 Å². The van der Waals surface area contributed by atoms with Crippen LogP contribution in [0.1, 0.15) is 25.3 Å². The number of benzene rings is 1. The first kappa shape index (κ1) is 23.0. The standard InChI is InChI=1S/C24H28N8O3S/c1-3-35-21-19(16-11-26-27-12-16)6-7-32-22(21)29-23(30-32)28-20-5-4-18(8-15(20)2)36(33,34)31-17-9-24(10-17)13-25-14-24/h4-8,11-12,17,25,31H,3,9-10,13-14H2,1-2H3,(H,26,27)(H,28,30). The van der Waals surface area contributed by atoms with Gasteiger partial charge in [0.1, 0.15) is 0 Å². The number of pyridine rings is 1. The summed E-state index contributed by atoms with van der Waals surface area (Å²) in [7, 11) is -3.58. The van der Waals surface area contributed by atoms with Gasteiger partial charge < -0.3 is 15.4 Å². The Morgan fingerprint density at radius 3 is 2.75 bits per heavy atom. The molecule has 188 valence electrons. The van der Waals surface area contributed by atoms with Crippen molar-refractivity contribution in [1.82, 2.24) is 34.8 Å². The van der Waals surface area contributed by atoms with Gasteiger partial charge in [0.05, 0.1) is 17.7 Å². The van der Waals surface area contributed by atoms with Crippen LogP contribution >= 0.6 is 0 Å². The number of hydrogen-bond acceptors (Lipinski definition) is 8. The van der Waals surface area contributed by atoms with Gasteiger partial charge in [-0.1, -0.05) is 0 Å². The fourth-order valence-electron chi connectivity index (χ4n) is 5.08. The molecule has 4 aromatic rings. The first-order chi connectivity index (χ1) is 17.4. The summed E-state index contributed by atoms with van der Waals surface area (Å²) in [5, 5.41) is 17.9. The Kier molecular flexibility index (Phi) is 5.47. The van der Waals surface area contributed by atoms with Gasteiger partial charge in [-0.15, -0.1) is 5.10 Å². The number of H-pyrrole nitrogens is 1. The number of ether oxygens (including phenoxy) is 1. The minimum Gasteiger partial charge on any atom is -0.489 e. The third-order valence-corrected chi connectivity index (χ3v) is 8.51. The zero-order valence-corrected chi connectivity index (χ0v) is 20.9. The SMILES string of the molecule is CCOc1c(-c2cn[nH]c2)ccn2nc(Nc3ccc(S(=O)(=O)NC4CC5(CNC5)C4)cc3C)nc12. The Balaban J connectivity index is 1.22. The number of nitrogens with one attached hydrogen (secondary N) is 4. The van der Waals surface area contributed by atoms with Crippen molar-refractivity contribution in [2.45, 2.75) is 37.6 Å². The van der Waals surface area contributed by atoms with Gasteiger partial charge in [-0.2, -0.15) is 10.1 Å². The van der Waals surface area contributed by atoms with Gasteiger partial charge in [-0.25, -0.2) is 17.7 Å². The highest BCUT2D eigenvalue weighted by Gasteiger charge is 2.49. The van der Waals surface area contributed by atoms with E-state index < -0.39 is 10.0 Å². The normalized spacial score (nSPS) is 17.2. The van der Waals surface area contributed by atoms with E-state index in [0.717, 1.165) is 48.3 Å². The monoisotopic (exact) mass is 508 g/mol. The molecule has 12 heteroatoms. The summed E-state index contributed by atoms with van der Waals surface area (Å²) >= 11 is 0. The Morgan fingerprint density at radius 2 is 2.08 bits per heavy atom. The van der Waals surface area contributed by atoms with Gasteiger partial charge in [-0.05, 0) is 61.9 Å². The lowest BCUT2D eigenvalue weighted by molar-refractivity contribution is 0.0328. The van der Waals surface area contributed by atoms with Crippen LogP contribution in [0.3, 0.4) is 0 Å². The number of fused-ring (bicyclic) bond motifs is 1. The van der Waals surface area contributed by atoms with Gasteiger partial charge >= 0.3 is 0 Å². The highest BCUT2D eigenvalue weighted by molar-refractivity contribution is 7.89. The predicted octanol–water partition coefficient (Wildman–Crippen LogP) is 2.60. The average Bonchev–Trinajstić information content (AvgIpc) is 3.46. The van der Waals surface area contributed by atoms with E-state index in [1.54, 1.807) is 35.1 Å². The van der Waals surface area contributed by atoms with E-state index in [4.69, 9.17) is 4.74 Å². The lowest BCUT2D eigenvalue weighted by Crippen LogP contribution is -2.65. The topological polar surface area (TPSA) is 138 Å². The van der Waals surface area contributed by atoms with E-state index >= 15 is 0 Å². The molecule has 3 aromatic heterocycles. The van der Waals surface area contributed by atoms with Crippen LogP contribution < -0.4 is 20.1 Å². The Bertz CT molecular complexity index is 1520. The molecule has 2 aliphatic rings. The van der Waals surface area contributed by atoms with Crippen LogP contribution in [-0.4, -0.2) is 59.0 Å². The maximum Gasteiger partial charge on any atom is 0.247 e. The number of anilines is 2. The van der Waals surface area contributed by atoms with Crippen molar-refractivity contribution < 1.29 is 13.2 Å². The quantitative estimate of drug-likeness (QED) is 0.285. The largest absolute Gasteiger partial charge is 0.489 e. The fraction of sp³-hybridized carbons (Fsp3) is 0.375. The molecule has 4 heterocycles. The van der Waals surface area contributed by atoms with Crippen molar-refractivity contribution in [3.63, 3.8) is 0 Å². The summed E-state index contributed by atoms with van der Waals surface area (Å²) in [6.45, 7) is 6.22. The number of sulfonamides is 1. The third-order valence-electron chi connectivity index (χ3n) is 6.99. The van der Waals surface area contributed by atoms with Crippen LogP contribution in [0.4, 0.5) is 11.6 Å². The van der Waals surface area contributed by atoms with Gasteiger partial charge in [-0.3, -0.25) is 5.10 Å². The molecule has 0 amide bonds. The summed E-state index contributed by atoms with van der Waals surface area (Å²) in [6.07, 6.45) is 7.13. The molecule has 1 aliphatic carbocycles. The van der Waals surface area contributed by atoms with Crippen molar-refractivity contribution in [3.8, 4) is 16.9 Å². The zero-order chi connectivity index (χ0) is 24.9. The molecule has 2 fully saturated rings. The van der Waals surface area contributed by atoms with Crippen LogP contribution in [0, 0.1) is 12.3 Å². The van der Waals surface area contributed by atoms with Crippen molar-refractivity contribution >= 4 is 27.3 Å². The van der Waals surface area contributed by atoms with Crippen molar-refractivity contribution in [2.75, 3.05) is 25.0 Å². The van der Waals surface area contributed by atoms with Crippen molar-refractivity contribution in [3.05, 3.63) is 48.4 Å². The van der Waals surface area contributed by atoms with Crippen LogP contribution in [0.25, 0.3) is 16.8 Å². The molecule has 6 rings (SSSR count). The molecule has 1 spiro atoms. The Morgan fingerprint density at radius 1 is 1.25 bits per heavy atom. The molecular weight excluding hydrogens is 480 g/mol. The van der Waals surface area contributed by atoms with Crippen LogP contribution in [-0.2, 0) is 10.0 Å². The summed E-state index contributed by atoms with van der Waals surface area (Å²) in [5.74, 6) is 0.993. The van der Waals surface area contributed by atoms with Crippen LogP contribution in [0.2, 0.25) is 0 Å². The second-order valence-corrected chi connectivity index (χ2v) is 11.3. The molecule has 1 saturated heterocycles. The molecule has 1 saturated carbocycles. The lowest BCUT2D eigenvalue weighted by atomic mass is 9.62. The number of rotatable bonds is 8. The molecule has 0 atom stereocenters. The van der Waals surface area contributed by atoms with Crippen molar-refractivity contribution in [2.24, 2.45) is 5.41 Å². The highest BCUT2D eigenvalue weighted by atomic mass is 32.2. The molecule has 11 nitrogen and oxygen atoms in total. The molecule has 0 bridgehead atoms. The molecule has 0 unspecified atom stereocenters. The first-order valence-electron chi connectivity index (χ1n) is 12.0. The van der Waals surface area contributed by atoms with E-state index in [0.29, 0.717) is 29.4 Å². The third kappa shape index (κ3) is 4.00. The molecule has 36 heavy (non-hydrogen) atoms. The smallest absolute Gasteiger partial charge is 0.247 e. The Labute approximate surface area is 208 Å². The number of hydrogen-bond donors (Lipinski definition) is 4. The highest BCUT2D eigenvalue weighted by Crippen LogP contribution is 2.44. The van der Waals surface area contributed by atoms with E-state index in [-0.39, 0.29) is 10.9 Å². The minimum absolute atomic E-state index is 0.00357. The molecular formula is C24H28N8O3S. The van der Waals surface area contributed by atoms with E-state index in [9.17, 15) is 8.42 Å². The second-order valence-electron chi connectivity index (χ2n) is 9.61. The fourth-order valence-corrected chi connectivity index (χ4v) is 6.40. The summed E-state index contributed by atoms with van der Waals surface area (Å²) in [6, 6.07) is 6.93. The maximum absolute atomic E-state index is 12.9. The molecule has 1 aromatic carbocycles. The number of nitrogens with zero attached hydrogens (tertiary/aromatic N) is 4. The lowest BCUT2D eigenvalue weighted by Gasteiger charge is -2.54.